The Bertz CT molecular complexity index is 1230. The highest BCUT2D eigenvalue weighted by atomic mass is 35.5. The molecule has 0 saturated carbocycles. The van der Waals surface area contributed by atoms with Crippen molar-refractivity contribution in [2.24, 2.45) is 0 Å². The largest absolute Gasteiger partial charge is 0.480 e. The van der Waals surface area contributed by atoms with Crippen LogP contribution >= 0.6 is 11.6 Å². The SMILES string of the molecule is Cc1cc(C(/C=C/c2ccc3c(=O)n(CC(=O)O)ncc3c2)C(F)(F)F)cc(Cl)c1F. The number of halogens is 5. The van der Waals surface area contributed by atoms with E-state index in [4.69, 9.17) is 16.7 Å². The molecule has 1 aromatic heterocycles. The van der Waals surface area contributed by atoms with Crippen LogP contribution in [0.5, 0.6) is 0 Å². The smallest absolute Gasteiger partial charge is 0.399 e. The molecule has 31 heavy (non-hydrogen) atoms. The second kappa shape index (κ2) is 8.50. The van der Waals surface area contributed by atoms with Crippen molar-refractivity contribution in [3.8, 4) is 0 Å². The van der Waals surface area contributed by atoms with Gasteiger partial charge in [-0.3, -0.25) is 9.59 Å². The van der Waals surface area contributed by atoms with Gasteiger partial charge in [0.2, 0.25) is 0 Å². The average Bonchev–Trinajstić information content (AvgIpc) is 2.67. The van der Waals surface area contributed by atoms with E-state index >= 15 is 0 Å². The molecule has 3 rings (SSSR count). The van der Waals surface area contributed by atoms with Gasteiger partial charge < -0.3 is 5.11 Å². The van der Waals surface area contributed by atoms with Gasteiger partial charge in [0.15, 0.2) is 0 Å². The molecule has 3 aromatic rings. The number of hydrogen-bond donors (Lipinski definition) is 1. The number of aryl methyl sites for hydroxylation is 1. The fraction of sp³-hybridized carbons (Fsp3) is 0.190. The molecule has 0 spiro atoms. The average molecular weight is 455 g/mol. The monoisotopic (exact) mass is 454 g/mol. The fourth-order valence-corrected chi connectivity index (χ4v) is 3.37. The van der Waals surface area contributed by atoms with E-state index in [-0.39, 0.29) is 16.5 Å². The van der Waals surface area contributed by atoms with Crippen LogP contribution in [0.3, 0.4) is 0 Å². The summed E-state index contributed by atoms with van der Waals surface area (Å²) in [7, 11) is 0. The van der Waals surface area contributed by atoms with Crippen molar-refractivity contribution in [1.82, 2.24) is 9.78 Å². The third kappa shape index (κ3) is 4.93. The number of rotatable bonds is 5. The fourth-order valence-electron chi connectivity index (χ4n) is 3.10. The number of aliphatic carboxylic acids is 1. The van der Waals surface area contributed by atoms with Crippen molar-refractivity contribution < 1.29 is 27.5 Å². The van der Waals surface area contributed by atoms with Crippen molar-refractivity contribution in [2.75, 3.05) is 0 Å². The van der Waals surface area contributed by atoms with Gasteiger partial charge in [0.1, 0.15) is 12.4 Å². The topological polar surface area (TPSA) is 72.2 Å². The lowest BCUT2D eigenvalue weighted by Gasteiger charge is -2.18. The minimum atomic E-state index is -4.65. The van der Waals surface area contributed by atoms with Crippen molar-refractivity contribution >= 4 is 34.4 Å². The summed E-state index contributed by atoms with van der Waals surface area (Å²) in [6.45, 7) is 0.721. The van der Waals surface area contributed by atoms with E-state index in [0.29, 0.717) is 10.9 Å². The van der Waals surface area contributed by atoms with Gasteiger partial charge >= 0.3 is 12.1 Å². The predicted octanol–water partition coefficient (Wildman–Crippen LogP) is 4.94. The van der Waals surface area contributed by atoms with Crippen LogP contribution in [0.1, 0.15) is 22.6 Å². The first-order valence-corrected chi connectivity index (χ1v) is 9.27. The molecule has 162 valence electrons. The zero-order valence-electron chi connectivity index (χ0n) is 16.0. The van der Waals surface area contributed by atoms with Crippen LogP contribution in [0.4, 0.5) is 17.6 Å². The quantitative estimate of drug-likeness (QED) is 0.554. The highest BCUT2D eigenvalue weighted by molar-refractivity contribution is 6.30. The van der Waals surface area contributed by atoms with E-state index < -0.39 is 41.0 Å². The van der Waals surface area contributed by atoms with Crippen LogP contribution in [0, 0.1) is 12.7 Å². The van der Waals surface area contributed by atoms with Gasteiger partial charge in [0.25, 0.3) is 5.56 Å². The molecule has 1 unspecified atom stereocenters. The maximum absolute atomic E-state index is 13.7. The number of carboxylic acid groups (broad SMARTS) is 1. The van der Waals surface area contributed by atoms with Crippen molar-refractivity contribution in [3.05, 3.63) is 80.5 Å². The van der Waals surface area contributed by atoms with Gasteiger partial charge in [-0.25, -0.2) is 9.07 Å². The molecule has 10 heteroatoms. The second-order valence-electron chi connectivity index (χ2n) is 6.86. The Labute approximate surface area is 178 Å². The Morgan fingerprint density at radius 3 is 2.61 bits per heavy atom. The van der Waals surface area contributed by atoms with Crippen LogP contribution in [0.15, 0.2) is 47.4 Å². The molecule has 0 aliphatic carbocycles. The Morgan fingerprint density at radius 1 is 1.29 bits per heavy atom. The number of alkyl halides is 3. The summed E-state index contributed by atoms with van der Waals surface area (Å²) in [4.78, 5) is 23.1. The molecule has 0 saturated heterocycles. The molecular weight excluding hydrogens is 440 g/mol. The number of benzene rings is 2. The molecular formula is C21H15ClF4N2O3. The first kappa shape index (κ1) is 22.5. The van der Waals surface area contributed by atoms with Crippen LogP contribution < -0.4 is 5.56 Å². The number of fused-ring (bicyclic) bond motifs is 1. The van der Waals surface area contributed by atoms with Gasteiger partial charge in [-0.1, -0.05) is 35.9 Å². The van der Waals surface area contributed by atoms with Crippen LogP contribution in [0.2, 0.25) is 5.02 Å². The van der Waals surface area contributed by atoms with Gasteiger partial charge in [0.05, 0.1) is 22.5 Å². The summed E-state index contributed by atoms with van der Waals surface area (Å²) in [6, 6.07) is 6.32. The standard InChI is InChI=1S/C21H15ClF4N2O3/c1-11-6-13(8-17(22)19(11)23)16(21(24,25)26)5-3-12-2-4-15-14(7-12)9-27-28(20(15)31)10-18(29)30/h2-9,16H,10H2,1H3,(H,29,30)/b5-3+. The zero-order valence-corrected chi connectivity index (χ0v) is 16.7. The Morgan fingerprint density at radius 2 is 2.00 bits per heavy atom. The summed E-state index contributed by atoms with van der Waals surface area (Å²) >= 11 is 5.71. The van der Waals surface area contributed by atoms with Crippen molar-refractivity contribution in [3.63, 3.8) is 0 Å². The van der Waals surface area contributed by atoms with E-state index in [9.17, 15) is 27.2 Å². The van der Waals surface area contributed by atoms with Crippen LogP contribution in [-0.2, 0) is 11.3 Å². The van der Waals surface area contributed by atoms with Gasteiger partial charge in [-0.15, -0.1) is 0 Å². The number of allylic oxidation sites excluding steroid dienone is 1. The Balaban J connectivity index is 1.99. The molecule has 0 aliphatic rings. The summed E-state index contributed by atoms with van der Waals surface area (Å²) in [5.41, 5.74) is -0.463. The third-order valence-electron chi connectivity index (χ3n) is 4.59. The molecule has 2 aromatic carbocycles. The molecule has 0 radical (unpaired) electrons. The molecule has 0 bridgehead atoms. The Hall–Kier alpha value is -3.20. The van der Waals surface area contributed by atoms with Gasteiger partial charge in [-0.2, -0.15) is 18.3 Å². The lowest BCUT2D eigenvalue weighted by molar-refractivity contribution is -0.139. The Kier molecular flexibility index (Phi) is 6.17. The summed E-state index contributed by atoms with van der Waals surface area (Å²) in [6.07, 6.45) is -1.23. The van der Waals surface area contributed by atoms with Crippen LogP contribution in [0.25, 0.3) is 16.8 Å². The number of aromatic nitrogens is 2. The number of carbonyl (C=O) groups is 1. The minimum absolute atomic E-state index is 0.000398. The van der Waals surface area contributed by atoms with Crippen molar-refractivity contribution in [2.45, 2.75) is 25.6 Å². The molecule has 1 heterocycles. The lowest BCUT2D eigenvalue weighted by Crippen LogP contribution is -2.26. The summed E-state index contributed by atoms with van der Waals surface area (Å²) in [5.74, 6) is -4.03. The van der Waals surface area contributed by atoms with Gasteiger partial charge in [0, 0.05) is 5.39 Å². The highest BCUT2D eigenvalue weighted by Gasteiger charge is 2.39. The number of carboxylic acids is 1. The van der Waals surface area contributed by atoms with E-state index in [1.165, 1.54) is 37.4 Å². The number of hydrogen-bond acceptors (Lipinski definition) is 3. The number of nitrogens with zero attached hydrogens (tertiary/aromatic N) is 2. The molecule has 1 atom stereocenters. The first-order chi connectivity index (χ1) is 14.5. The van der Waals surface area contributed by atoms with Gasteiger partial charge in [-0.05, 0) is 41.8 Å². The van der Waals surface area contributed by atoms with E-state index in [0.717, 1.165) is 22.9 Å². The van der Waals surface area contributed by atoms with E-state index in [2.05, 4.69) is 5.10 Å². The molecule has 1 N–H and O–H groups in total. The summed E-state index contributed by atoms with van der Waals surface area (Å²) in [5, 5.41) is 12.7. The summed E-state index contributed by atoms with van der Waals surface area (Å²) < 4.78 is 55.4. The second-order valence-corrected chi connectivity index (χ2v) is 7.27. The predicted molar refractivity (Wildman–Crippen MR) is 108 cm³/mol. The highest BCUT2D eigenvalue weighted by Crippen LogP contribution is 2.38. The molecule has 0 fully saturated rings. The maximum atomic E-state index is 13.7. The van der Waals surface area contributed by atoms with E-state index in [1.807, 2.05) is 0 Å². The minimum Gasteiger partial charge on any atom is -0.480 e. The third-order valence-corrected chi connectivity index (χ3v) is 4.86. The van der Waals surface area contributed by atoms with E-state index in [1.54, 1.807) is 0 Å². The van der Waals surface area contributed by atoms with Crippen molar-refractivity contribution in [1.29, 1.82) is 0 Å². The molecule has 5 nitrogen and oxygen atoms in total. The maximum Gasteiger partial charge on any atom is 0.399 e. The molecule has 0 aliphatic heterocycles. The lowest BCUT2D eigenvalue weighted by atomic mass is 9.95. The normalized spacial score (nSPS) is 13.1. The zero-order chi connectivity index (χ0) is 22.9. The van der Waals surface area contributed by atoms with Crippen LogP contribution in [-0.4, -0.2) is 27.0 Å². The first-order valence-electron chi connectivity index (χ1n) is 8.89. The molecule has 0 amide bonds.